The number of ketones is 2. The number of fused-ring (bicyclic) bond motifs is 3. The lowest BCUT2D eigenvalue weighted by atomic mass is 9.60. The van der Waals surface area contributed by atoms with Gasteiger partial charge in [-0.15, -0.1) is 0 Å². The number of aliphatic hydroxyl groups excluding tert-OH is 2. The van der Waals surface area contributed by atoms with Crippen LogP contribution in [0.5, 0.6) is 5.75 Å². The number of nitrogens with two attached hydrogens (primary N) is 1. The third-order valence-corrected chi connectivity index (χ3v) is 8.43. The lowest BCUT2D eigenvalue weighted by Crippen LogP contribution is -2.58. The Morgan fingerprint density at radius 1 is 1.13 bits per heavy atom. The number of rotatable bonds is 4. The highest BCUT2D eigenvalue weighted by atomic mass is 16.5. The summed E-state index contributed by atoms with van der Waals surface area (Å²) in [6.45, 7) is 1.11. The predicted octanol–water partition coefficient (Wildman–Crippen LogP) is 1.54. The number of anilines is 1. The molecule has 0 radical (unpaired) electrons. The van der Waals surface area contributed by atoms with Gasteiger partial charge in [-0.1, -0.05) is 0 Å². The maximum absolute atomic E-state index is 14.0. The minimum atomic E-state index is -2.08. The Balaban J connectivity index is 1.70. The topological polar surface area (TPSA) is 171 Å². The summed E-state index contributed by atoms with van der Waals surface area (Å²) >= 11 is 0. The number of ether oxygens (including phenoxy) is 1. The Morgan fingerprint density at radius 3 is 2.37 bits per heavy atom. The molecule has 1 saturated heterocycles. The molecule has 0 unspecified atom stereocenters. The second kappa shape index (κ2) is 8.87. The van der Waals surface area contributed by atoms with Crippen molar-refractivity contribution >= 4 is 29.1 Å². The molecule has 5 N–H and O–H groups in total. The third-order valence-electron chi connectivity index (χ3n) is 8.43. The molecule has 3 atom stereocenters. The fourth-order valence-corrected chi connectivity index (χ4v) is 6.66. The van der Waals surface area contributed by atoms with Crippen molar-refractivity contribution in [2.45, 2.75) is 37.7 Å². The number of carbonyl (C=O) groups is 4. The number of nitrogens with zero attached hydrogens (tertiary/aromatic N) is 2. The maximum Gasteiger partial charge on any atom is 0.257 e. The summed E-state index contributed by atoms with van der Waals surface area (Å²) < 4.78 is 5.55. The number of hydrogen-bond acceptors (Lipinski definition) is 9. The normalized spacial score (nSPS) is 26.8. The minimum absolute atomic E-state index is 0.00556. The van der Waals surface area contributed by atoms with Crippen molar-refractivity contribution in [1.29, 1.82) is 0 Å². The molecule has 202 valence electrons. The quantitative estimate of drug-likeness (QED) is 0.426. The van der Waals surface area contributed by atoms with E-state index in [2.05, 4.69) is 0 Å². The van der Waals surface area contributed by atoms with Gasteiger partial charge in [0.25, 0.3) is 11.8 Å². The van der Waals surface area contributed by atoms with Crippen LogP contribution in [0, 0.1) is 11.8 Å². The second-order valence-corrected chi connectivity index (χ2v) is 10.6. The summed E-state index contributed by atoms with van der Waals surface area (Å²) in [7, 11) is 4.72. The number of carbonyl (C=O) groups excluding carboxylic acids is 4. The lowest BCUT2D eigenvalue weighted by molar-refractivity contribution is -0.149. The molecule has 0 spiro atoms. The lowest BCUT2D eigenvalue weighted by Gasteiger charge is -2.47. The van der Waals surface area contributed by atoms with Crippen molar-refractivity contribution in [2.75, 3.05) is 39.2 Å². The van der Waals surface area contributed by atoms with Crippen molar-refractivity contribution in [3.8, 4) is 5.75 Å². The monoisotopic (exact) mass is 525 g/mol. The number of benzene rings is 1. The zero-order valence-corrected chi connectivity index (χ0v) is 21.5. The molecular weight excluding hydrogens is 494 g/mol. The summed E-state index contributed by atoms with van der Waals surface area (Å²) in [6.07, 6.45) is 1.97. The van der Waals surface area contributed by atoms with Gasteiger partial charge in [-0.25, -0.2) is 0 Å². The molecule has 4 aliphatic rings. The van der Waals surface area contributed by atoms with Crippen LogP contribution in [-0.4, -0.2) is 83.5 Å². The molecule has 0 bridgehead atoms. The molecule has 5 rings (SSSR count). The molecule has 1 aromatic carbocycles. The van der Waals surface area contributed by atoms with Crippen LogP contribution in [0.25, 0.3) is 0 Å². The van der Waals surface area contributed by atoms with Crippen LogP contribution >= 0.6 is 0 Å². The van der Waals surface area contributed by atoms with Crippen LogP contribution in [-0.2, 0) is 20.7 Å². The smallest absolute Gasteiger partial charge is 0.257 e. The summed E-state index contributed by atoms with van der Waals surface area (Å²) in [5, 5.41) is 33.2. The van der Waals surface area contributed by atoms with E-state index in [1.807, 2.05) is 0 Å². The van der Waals surface area contributed by atoms with Gasteiger partial charge in [0.1, 0.15) is 22.8 Å². The summed E-state index contributed by atoms with van der Waals surface area (Å²) in [5.74, 6) is -6.20. The van der Waals surface area contributed by atoms with Crippen molar-refractivity contribution < 1.29 is 39.2 Å². The van der Waals surface area contributed by atoms with E-state index < -0.39 is 57.8 Å². The number of aliphatic hydroxyl groups is 2. The SMILES string of the molecule is CO[C@@]12C(=O)C(C(N)=O)=C(O)C[C@@H]1C[C@@H]1Cc3c(N(C)C)cc(C(=O)N4CCCC4)c(O)c3C(=O)C1=C2O. The summed E-state index contributed by atoms with van der Waals surface area (Å²) in [6, 6.07) is 1.59. The van der Waals surface area contributed by atoms with E-state index in [1.54, 1.807) is 30.0 Å². The molecule has 2 amide bonds. The highest BCUT2D eigenvalue weighted by Gasteiger charge is 2.61. The molecule has 1 heterocycles. The van der Waals surface area contributed by atoms with Gasteiger partial charge in [0.05, 0.1) is 11.1 Å². The number of amides is 2. The largest absolute Gasteiger partial charge is 0.511 e. The Labute approximate surface area is 219 Å². The number of aromatic hydroxyl groups is 1. The van der Waals surface area contributed by atoms with Crippen molar-refractivity contribution in [2.24, 2.45) is 17.6 Å². The van der Waals surface area contributed by atoms with E-state index in [0.717, 1.165) is 12.8 Å². The standard InChI is InChI=1S/C27H31N3O8/c1-29(2)16-11-15(26(37)30-6-4-5-7-30)21(32)19-14(16)9-12-8-13-10-17(31)20(25(28)36)24(35)27(13,38-3)23(34)18(12)22(19)33/h11-13,31-32,34H,4-10H2,1-3H3,(H2,28,36)/t12-,13+,27+/m1/s1. The molecule has 0 saturated carbocycles. The molecular formula is C27H31N3O8. The molecule has 3 aliphatic carbocycles. The first-order valence-electron chi connectivity index (χ1n) is 12.6. The van der Waals surface area contributed by atoms with Crippen LogP contribution < -0.4 is 10.6 Å². The van der Waals surface area contributed by atoms with Crippen molar-refractivity contribution in [1.82, 2.24) is 4.90 Å². The van der Waals surface area contributed by atoms with E-state index in [0.29, 0.717) is 24.3 Å². The first-order valence-corrected chi connectivity index (χ1v) is 12.6. The number of hydrogen-bond donors (Lipinski definition) is 4. The molecule has 1 aliphatic heterocycles. The number of likely N-dealkylation sites (tertiary alicyclic amines) is 1. The third kappa shape index (κ3) is 3.37. The number of Topliss-reactive ketones (excluding diaryl/α,β-unsaturated/α-hetero) is 2. The van der Waals surface area contributed by atoms with E-state index >= 15 is 0 Å². The number of phenols is 1. The zero-order chi connectivity index (χ0) is 27.7. The number of primary amides is 1. The average Bonchev–Trinajstić information content (AvgIpc) is 3.38. The van der Waals surface area contributed by atoms with Gasteiger partial charge in [0, 0.05) is 57.9 Å². The Morgan fingerprint density at radius 2 is 1.79 bits per heavy atom. The van der Waals surface area contributed by atoms with Gasteiger partial charge in [-0.05, 0) is 43.2 Å². The summed E-state index contributed by atoms with van der Waals surface area (Å²) in [4.78, 5) is 56.1. The average molecular weight is 526 g/mol. The van der Waals surface area contributed by atoms with Crippen LogP contribution in [0.1, 0.15) is 52.0 Å². The first kappa shape index (κ1) is 25.8. The van der Waals surface area contributed by atoms with E-state index in [1.165, 1.54) is 7.11 Å². The van der Waals surface area contributed by atoms with Crippen molar-refractivity contribution in [3.05, 3.63) is 45.4 Å². The number of allylic oxidation sites excluding steroid dienone is 2. The van der Waals surface area contributed by atoms with E-state index in [9.17, 15) is 34.5 Å². The molecule has 0 aromatic heterocycles. The molecule has 11 nitrogen and oxygen atoms in total. The van der Waals surface area contributed by atoms with Crippen LogP contribution in [0.3, 0.4) is 0 Å². The fourth-order valence-electron chi connectivity index (χ4n) is 6.66. The van der Waals surface area contributed by atoms with Crippen molar-refractivity contribution in [3.63, 3.8) is 0 Å². The predicted molar refractivity (Wildman–Crippen MR) is 135 cm³/mol. The molecule has 1 fully saturated rings. The number of phenolic OH excluding ortho intramolecular Hbond substituents is 1. The van der Waals surface area contributed by atoms with Gasteiger partial charge in [-0.2, -0.15) is 0 Å². The fraction of sp³-hybridized carbons (Fsp3) is 0.481. The Kier molecular flexibility index (Phi) is 6.01. The maximum atomic E-state index is 14.0. The highest BCUT2D eigenvalue weighted by Crippen LogP contribution is 2.54. The van der Waals surface area contributed by atoms with Crippen LogP contribution in [0.2, 0.25) is 0 Å². The minimum Gasteiger partial charge on any atom is -0.511 e. The van der Waals surface area contributed by atoms with Gasteiger partial charge in [0.2, 0.25) is 5.78 Å². The number of methoxy groups -OCH3 is 1. The van der Waals surface area contributed by atoms with E-state index in [-0.39, 0.29) is 41.9 Å². The van der Waals surface area contributed by atoms with Crippen LogP contribution in [0.4, 0.5) is 5.69 Å². The van der Waals surface area contributed by atoms with E-state index in [4.69, 9.17) is 10.5 Å². The Hall–Kier alpha value is -3.86. The van der Waals surface area contributed by atoms with Crippen LogP contribution in [0.15, 0.2) is 28.7 Å². The second-order valence-electron chi connectivity index (χ2n) is 10.6. The zero-order valence-electron chi connectivity index (χ0n) is 21.5. The Bertz CT molecular complexity index is 1350. The summed E-state index contributed by atoms with van der Waals surface area (Å²) in [5.41, 5.74) is 3.49. The molecule has 11 heteroatoms. The van der Waals surface area contributed by atoms with Gasteiger partial charge < -0.3 is 35.6 Å². The highest BCUT2D eigenvalue weighted by molar-refractivity contribution is 6.25. The van der Waals surface area contributed by atoms with Gasteiger partial charge in [-0.3, -0.25) is 19.2 Å². The van der Waals surface area contributed by atoms with Gasteiger partial charge in [0.15, 0.2) is 11.4 Å². The first-order chi connectivity index (χ1) is 17.9. The molecule has 1 aromatic rings. The van der Waals surface area contributed by atoms with Gasteiger partial charge >= 0.3 is 0 Å². The molecule has 38 heavy (non-hydrogen) atoms.